The third kappa shape index (κ3) is 9.01. The number of carbonyl (C=O) groups is 1. The zero-order valence-electron chi connectivity index (χ0n) is 27.3. The van der Waals surface area contributed by atoms with E-state index in [1.807, 2.05) is 77.7 Å². The third-order valence-electron chi connectivity index (χ3n) is 8.18. The lowest BCUT2D eigenvalue weighted by molar-refractivity contribution is -0.650. The Bertz CT molecular complexity index is 1820. The summed E-state index contributed by atoms with van der Waals surface area (Å²) in [4.78, 5) is 21.3. The van der Waals surface area contributed by atoms with Crippen LogP contribution in [0.5, 0.6) is 11.5 Å². The van der Waals surface area contributed by atoms with Gasteiger partial charge in [0.15, 0.2) is 17.5 Å². The Hall–Kier alpha value is -2.71. The lowest BCUT2D eigenvalue weighted by Gasteiger charge is -2.23. The predicted octanol–water partition coefficient (Wildman–Crippen LogP) is 4.85. The van der Waals surface area contributed by atoms with Gasteiger partial charge in [0.2, 0.25) is 0 Å². The molecule has 4 aromatic rings. The van der Waals surface area contributed by atoms with Crippen LogP contribution < -0.4 is 36.3 Å². The van der Waals surface area contributed by atoms with Gasteiger partial charge in [0.25, 0.3) is 5.72 Å². The van der Waals surface area contributed by atoms with Crippen molar-refractivity contribution in [2.24, 2.45) is 4.99 Å². The number of aliphatic hydroxyl groups is 1. The summed E-state index contributed by atoms with van der Waals surface area (Å²) in [6, 6.07) is 30.0. The molecular formula is C36H36Br2Cl2N4O4S2. The first-order chi connectivity index (χ1) is 23.3. The quantitative estimate of drug-likeness (QED) is 0.199. The van der Waals surface area contributed by atoms with Crippen molar-refractivity contribution in [1.82, 2.24) is 0 Å². The van der Waals surface area contributed by atoms with Crippen LogP contribution in [-0.2, 0) is 5.72 Å². The fraction of sp³-hybridized carbons (Fsp3) is 0.250. The van der Waals surface area contributed by atoms with Gasteiger partial charge in [0, 0.05) is 38.4 Å². The number of carbonyl (C=O) groups excluding carboxylic acids is 1. The topological polar surface area (TPSA) is 77.6 Å². The van der Waals surface area contributed by atoms with Gasteiger partial charge in [-0.3, -0.25) is 9.79 Å². The minimum atomic E-state index is -1.04. The van der Waals surface area contributed by atoms with Gasteiger partial charge >= 0.3 is 5.17 Å². The standard InChI is InChI=1S/C18H18ClN2O2S.C18H17ClN2O2S.2BrH/c1-23-16-8-6-15(7-9-16)20-12-18(22,21-10-11-24-17(20)21)13-2-4-14(19)5-3-13;1-23-16-8-6-15(7-9-16)21(18-20-10-11-24-18)12-17(22)13-2-4-14(19)5-3-13;;/h2-9,22H,10-12H2,1H3;2-9H,10-12H2,1H3;2*1H/q+1;;;/p-1. The van der Waals surface area contributed by atoms with E-state index in [1.165, 1.54) is 0 Å². The zero-order valence-corrected chi connectivity index (χ0v) is 33.7. The Morgan fingerprint density at radius 1 is 0.880 bits per heavy atom. The number of Topliss-reactive ketones (excluding diaryl/α,β-unsaturated/α-hetero) is 1. The van der Waals surface area contributed by atoms with Crippen LogP contribution in [0.3, 0.4) is 0 Å². The fourth-order valence-corrected chi connectivity index (χ4v) is 7.97. The van der Waals surface area contributed by atoms with Crippen LogP contribution in [0.2, 0.25) is 10.0 Å². The summed E-state index contributed by atoms with van der Waals surface area (Å²) >= 11 is 15.3. The van der Waals surface area contributed by atoms with Gasteiger partial charge in [0.05, 0.1) is 33.9 Å². The second-order valence-corrected chi connectivity index (χ2v) is 14.1. The average Bonchev–Trinajstić information content (AvgIpc) is 3.89. The first-order valence-corrected chi connectivity index (χ1v) is 18.1. The number of anilines is 2. The van der Waals surface area contributed by atoms with E-state index in [0.29, 0.717) is 22.2 Å². The highest BCUT2D eigenvalue weighted by molar-refractivity contribution is 8.93. The number of aliphatic imine (C=N–C) groups is 1. The molecule has 1 unspecified atom stereocenters. The molecule has 50 heavy (non-hydrogen) atoms. The number of methoxy groups -OCH3 is 2. The molecule has 14 heteroatoms. The summed E-state index contributed by atoms with van der Waals surface area (Å²) in [5.41, 5.74) is 2.44. The Morgan fingerprint density at radius 2 is 1.46 bits per heavy atom. The number of rotatable bonds is 8. The number of nitrogens with zero attached hydrogens (tertiary/aromatic N) is 4. The molecule has 1 N–H and O–H groups in total. The van der Waals surface area contributed by atoms with Crippen molar-refractivity contribution in [2.45, 2.75) is 5.72 Å². The smallest absolute Gasteiger partial charge is 0.316 e. The van der Waals surface area contributed by atoms with Crippen molar-refractivity contribution in [3.63, 3.8) is 0 Å². The van der Waals surface area contributed by atoms with E-state index in [4.69, 9.17) is 32.7 Å². The van der Waals surface area contributed by atoms with Gasteiger partial charge in [0.1, 0.15) is 17.2 Å². The van der Waals surface area contributed by atoms with Crippen molar-refractivity contribution in [3.05, 3.63) is 118 Å². The van der Waals surface area contributed by atoms with Crippen molar-refractivity contribution < 1.29 is 40.9 Å². The summed E-state index contributed by atoms with van der Waals surface area (Å²) in [5, 5.41) is 14.7. The Kier molecular flexibility index (Phi) is 14.6. The molecule has 0 spiro atoms. The number of hydrogen-bond acceptors (Lipinski definition) is 9. The molecule has 0 fully saturated rings. The minimum absolute atomic E-state index is 0. The van der Waals surface area contributed by atoms with E-state index in [0.717, 1.165) is 63.4 Å². The lowest BCUT2D eigenvalue weighted by Crippen LogP contribution is -3.00. The summed E-state index contributed by atoms with van der Waals surface area (Å²) in [5.74, 6) is 3.54. The highest BCUT2D eigenvalue weighted by Gasteiger charge is 2.54. The molecule has 0 saturated heterocycles. The number of β-amino-alcohol motifs (C(OH)–C–C–N with tert-alkyl or cyclic N) is 1. The number of ether oxygens (including phenoxy) is 2. The molecule has 0 radical (unpaired) electrons. The predicted molar refractivity (Wildman–Crippen MR) is 209 cm³/mol. The molecular weight excluding hydrogens is 847 g/mol. The maximum absolute atomic E-state index is 12.6. The van der Waals surface area contributed by atoms with Gasteiger partial charge < -0.3 is 36.5 Å². The highest BCUT2D eigenvalue weighted by Crippen LogP contribution is 2.38. The van der Waals surface area contributed by atoms with Crippen LogP contribution in [0.4, 0.5) is 11.4 Å². The largest absolute Gasteiger partial charge is 1.00 e. The number of hydrogen-bond donors (Lipinski definition) is 1. The SMILES string of the molecule is Br.COc1ccc(N(CC(=O)c2ccc(Cl)cc2)C2=NCCS2)cc1.COc1ccc(N2CC(O)(c3ccc(Cl)cc3)[N+]3=C2SCC3)cc1.[Br-]. The summed E-state index contributed by atoms with van der Waals surface area (Å²) in [7, 11) is 3.29. The highest BCUT2D eigenvalue weighted by atomic mass is 79.9. The molecule has 264 valence electrons. The number of amidine groups is 2. The first-order valence-electron chi connectivity index (χ1n) is 15.3. The molecule has 0 saturated carbocycles. The molecule has 3 aliphatic heterocycles. The van der Waals surface area contributed by atoms with Crippen molar-refractivity contribution in [3.8, 4) is 11.5 Å². The van der Waals surface area contributed by atoms with Crippen LogP contribution in [-0.4, -0.2) is 77.7 Å². The van der Waals surface area contributed by atoms with Crippen LogP contribution in [0.15, 0.2) is 102 Å². The van der Waals surface area contributed by atoms with E-state index >= 15 is 0 Å². The van der Waals surface area contributed by atoms with Crippen LogP contribution in [0.1, 0.15) is 15.9 Å². The van der Waals surface area contributed by atoms with Crippen LogP contribution >= 0.6 is 63.7 Å². The molecule has 1 atom stereocenters. The third-order valence-corrected chi connectivity index (χ3v) is 10.8. The van der Waals surface area contributed by atoms with Crippen LogP contribution in [0.25, 0.3) is 0 Å². The van der Waals surface area contributed by atoms with Gasteiger partial charge in [-0.15, -0.1) is 17.0 Å². The number of thioether (sulfide) groups is 2. The van der Waals surface area contributed by atoms with E-state index in [9.17, 15) is 9.90 Å². The van der Waals surface area contributed by atoms with Crippen molar-refractivity contribution >= 4 is 91.2 Å². The fourth-order valence-electron chi connectivity index (χ4n) is 5.66. The van der Waals surface area contributed by atoms with Gasteiger partial charge in [-0.25, -0.2) is 9.48 Å². The maximum atomic E-state index is 12.6. The maximum Gasteiger partial charge on any atom is 0.316 e. The molecule has 3 heterocycles. The first kappa shape index (κ1) is 40.1. The van der Waals surface area contributed by atoms with E-state index in [1.54, 1.807) is 62.0 Å². The number of benzene rings is 4. The summed E-state index contributed by atoms with van der Waals surface area (Å²) in [6.07, 6.45) is 0. The zero-order chi connectivity index (χ0) is 33.7. The van der Waals surface area contributed by atoms with Gasteiger partial charge in [-0.05, 0) is 96.7 Å². The van der Waals surface area contributed by atoms with Gasteiger partial charge in [-0.1, -0.05) is 47.1 Å². The number of ketones is 1. The molecule has 4 aromatic carbocycles. The monoisotopic (exact) mass is 880 g/mol. The molecule has 0 amide bonds. The Morgan fingerprint density at radius 3 is 2.02 bits per heavy atom. The van der Waals surface area contributed by atoms with Crippen molar-refractivity contribution in [2.75, 3.05) is 61.7 Å². The molecule has 0 bridgehead atoms. The van der Waals surface area contributed by atoms with E-state index in [-0.39, 0.29) is 46.3 Å². The minimum Gasteiger partial charge on any atom is -1.00 e. The molecule has 0 aliphatic carbocycles. The lowest BCUT2D eigenvalue weighted by atomic mass is 10.0. The molecule has 8 nitrogen and oxygen atoms in total. The summed E-state index contributed by atoms with van der Waals surface area (Å²) < 4.78 is 12.5. The molecule has 3 aliphatic rings. The van der Waals surface area contributed by atoms with E-state index < -0.39 is 5.72 Å². The van der Waals surface area contributed by atoms with Crippen LogP contribution in [0, 0.1) is 0 Å². The van der Waals surface area contributed by atoms with Gasteiger partial charge in [-0.2, -0.15) is 0 Å². The molecule has 7 rings (SSSR count). The summed E-state index contributed by atoms with van der Waals surface area (Å²) in [6.45, 7) is 2.33. The normalized spacial score (nSPS) is 17.5. The second-order valence-electron chi connectivity index (χ2n) is 11.1. The number of halogens is 4. The Labute approximate surface area is 332 Å². The van der Waals surface area contributed by atoms with E-state index in [2.05, 4.69) is 14.5 Å². The molecule has 0 aromatic heterocycles. The van der Waals surface area contributed by atoms with Crippen molar-refractivity contribution in [1.29, 1.82) is 0 Å². The second kappa shape index (κ2) is 18.2. The average molecular weight is 884 g/mol. The Balaban J connectivity index is 0.000000216.